The van der Waals surface area contributed by atoms with Gasteiger partial charge in [-0.1, -0.05) is 30.3 Å². The fourth-order valence-corrected chi connectivity index (χ4v) is 1.73. The Morgan fingerprint density at radius 2 is 1.89 bits per heavy atom. The largest absolute Gasteiger partial charge is 2.00 e. The van der Waals surface area contributed by atoms with Crippen LogP contribution >= 0.6 is 0 Å². The van der Waals surface area contributed by atoms with Crippen molar-refractivity contribution in [1.29, 1.82) is 0 Å². The summed E-state index contributed by atoms with van der Waals surface area (Å²) >= 11 is 0. The smallest absolute Gasteiger partial charge is 1.00 e. The van der Waals surface area contributed by atoms with Crippen LogP contribution in [0, 0.1) is 12.2 Å². The molecule has 0 spiro atoms. The van der Waals surface area contributed by atoms with Crippen molar-refractivity contribution in [2.24, 2.45) is 0 Å². The monoisotopic (exact) mass is 312 g/mol. The molecule has 0 nitrogen and oxygen atoms in total. The Morgan fingerprint density at radius 1 is 1.06 bits per heavy atom. The number of allylic oxidation sites excluding steroid dienone is 8. The number of hydrogen-bond acceptors (Lipinski definition) is 0. The first kappa shape index (κ1) is 15.1. The van der Waals surface area contributed by atoms with Crippen molar-refractivity contribution < 1.29 is 29.1 Å². The Labute approximate surface area is 132 Å². The van der Waals surface area contributed by atoms with Gasteiger partial charge in [0.2, 0.25) is 0 Å². The second kappa shape index (κ2) is 9.05. The van der Waals surface area contributed by atoms with E-state index in [-0.39, 0.29) is 29.1 Å². The molecule has 0 fully saturated rings. The van der Waals surface area contributed by atoms with E-state index in [4.69, 9.17) is 0 Å². The van der Waals surface area contributed by atoms with Crippen molar-refractivity contribution in [2.45, 2.75) is 19.3 Å². The van der Waals surface area contributed by atoms with Gasteiger partial charge in [0.1, 0.15) is 0 Å². The number of hydrogen-bond donors (Lipinski definition) is 0. The van der Waals surface area contributed by atoms with Gasteiger partial charge in [-0.05, 0) is 12.0 Å². The van der Waals surface area contributed by atoms with E-state index in [1.807, 2.05) is 18.2 Å². The minimum atomic E-state index is 0. The van der Waals surface area contributed by atoms with Gasteiger partial charge in [0.05, 0.1) is 0 Å². The molecule has 0 radical (unpaired) electrons. The van der Waals surface area contributed by atoms with E-state index in [1.165, 1.54) is 11.1 Å². The predicted octanol–water partition coefficient (Wildman–Crippen LogP) is 4.45. The number of rotatable bonds is 2. The SMILES string of the molecule is [C-]1=C(Cc2ccccc2)C=CC1.[C-]1=CC=CC1.[H-].[H-].[Zr+2]. The molecule has 1 aromatic carbocycles. The van der Waals surface area contributed by atoms with Gasteiger partial charge in [0.25, 0.3) is 0 Å². The third-order valence-electron chi connectivity index (χ3n) is 2.59. The molecule has 1 aromatic rings. The summed E-state index contributed by atoms with van der Waals surface area (Å²) in [5.41, 5.74) is 2.69. The molecule has 0 heterocycles. The van der Waals surface area contributed by atoms with Crippen molar-refractivity contribution in [1.82, 2.24) is 0 Å². The van der Waals surface area contributed by atoms with Gasteiger partial charge in [-0.2, -0.15) is 12.2 Å². The van der Waals surface area contributed by atoms with E-state index in [0.29, 0.717) is 0 Å². The Hall–Kier alpha value is -0.937. The van der Waals surface area contributed by atoms with Crippen LogP contribution in [0.5, 0.6) is 0 Å². The Morgan fingerprint density at radius 3 is 2.39 bits per heavy atom. The van der Waals surface area contributed by atoms with Crippen LogP contribution < -0.4 is 0 Å². The van der Waals surface area contributed by atoms with E-state index >= 15 is 0 Å². The summed E-state index contributed by atoms with van der Waals surface area (Å²) in [7, 11) is 0. The molecule has 0 aromatic heterocycles. The average Bonchev–Trinajstić information content (AvgIpc) is 3.06. The van der Waals surface area contributed by atoms with Gasteiger partial charge in [0.15, 0.2) is 0 Å². The first-order valence-electron chi connectivity index (χ1n) is 5.97. The van der Waals surface area contributed by atoms with Crippen molar-refractivity contribution in [3.05, 3.63) is 84.0 Å². The summed E-state index contributed by atoms with van der Waals surface area (Å²) < 4.78 is 0. The van der Waals surface area contributed by atoms with E-state index < -0.39 is 0 Å². The van der Waals surface area contributed by atoms with Gasteiger partial charge in [-0.3, -0.25) is 12.2 Å². The standard InChI is InChI=1S/C12H11.C5H5.Zr.2H/c1-2-6-11(7-3-1)10-12-8-4-5-9-12;1-2-4-5-3-1;;;/h1-4,6-8H,5,10H2;1-3H,4H2;;;/q2*-1;+2;2*-1. The maximum atomic E-state index is 3.31. The normalized spacial score (nSPS) is 14.8. The van der Waals surface area contributed by atoms with Gasteiger partial charge in [-0.25, -0.2) is 23.8 Å². The third-order valence-corrected chi connectivity index (χ3v) is 2.59. The topological polar surface area (TPSA) is 0 Å². The Bertz CT molecular complexity index is 449. The van der Waals surface area contributed by atoms with Crippen LogP contribution in [0.15, 0.2) is 66.3 Å². The van der Waals surface area contributed by atoms with E-state index in [0.717, 1.165) is 19.3 Å². The fraction of sp³-hybridized carbons (Fsp3) is 0.176. The van der Waals surface area contributed by atoms with Crippen LogP contribution in [0.3, 0.4) is 0 Å². The molecule has 0 saturated heterocycles. The molecule has 0 unspecified atom stereocenters. The molecule has 92 valence electrons. The molecule has 3 rings (SSSR count). The maximum Gasteiger partial charge on any atom is 2.00 e. The summed E-state index contributed by atoms with van der Waals surface area (Å²) in [6.45, 7) is 0. The molecule has 0 bridgehead atoms. The van der Waals surface area contributed by atoms with Gasteiger partial charge in [-0.15, -0.1) is 12.8 Å². The van der Waals surface area contributed by atoms with Crippen molar-refractivity contribution in [3.8, 4) is 0 Å². The van der Waals surface area contributed by atoms with Crippen LogP contribution in [-0.2, 0) is 32.6 Å². The molecule has 1 heteroatoms. The van der Waals surface area contributed by atoms with Gasteiger partial charge in [0, 0.05) is 0 Å². The summed E-state index contributed by atoms with van der Waals surface area (Å²) in [5, 5.41) is 0. The zero-order valence-corrected chi connectivity index (χ0v) is 12.9. The van der Waals surface area contributed by atoms with E-state index in [2.05, 4.69) is 54.6 Å². The molecule has 2 aliphatic rings. The number of benzene rings is 1. The van der Waals surface area contributed by atoms with Crippen LogP contribution in [0.25, 0.3) is 0 Å². The average molecular weight is 314 g/mol. The molecule has 18 heavy (non-hydrogen) atoms. The Kier molecular flexibility index (Phi) is 7.61. The van der Waals surface area contributed by atoms with Crippen LogP contribution in [-0.4, -0.2) is 0 Å². The van der Waals surface area contributed by atoms with Gasteiger partial charge < -0.3 is 2.85 Å². The summed E-state index contributed by atoms with van der Waals surface area (Å²) in [6, 6.07) is 10.5. The van der Waals surface area contributed by atoms with Gasteiger partial charge >= 0.3 is 26.2 Å². The maximum absolute atomic E-state index is 3.31. The molecule has 2 aliphatic carbocycles. The van der Waals surface area contributed by atoms with Crippen LogP contribution in [0.4, 0.5) is 0 Å². The molecule has 0 saturated carbocycles. The zero-order chi connectivity index (χ0) is 11.8. The van der Waals surface area contributed by atoms with Crippen molar-refractivity contribution in [2.75, 3.05) is 0 Å². The minimum Gasteiger partial charge on any atom is -1.00 e. The first-order valence-corrected chi connectivity index (χ1v) is 5.97. The molecular formula is C17H18Zr-2. The van der Waals surface area contributed by atoms with Crippen molar-refractivity contribution in [3.63, 3.8) is 0 Å². The third kappa shape index (κ3) is 5.60. The van der Waals surface area contributed by atoms with Crippen molar-refractivity contribution >= 4 is 0 Å². The summed E-state index contributed by atoms with van der Waals surface area (Å²) in [4.78, 5) is 0. The summed E-state index contributed by atoms with van der Waals surface area (Å²) in [6.07, 6.45) is 19.6. The fourth-order valence-electron chi connectivity index (χ4n) is 1.73. The second-order valence-electron chi connectivity index (χ2n) is 3.97. The van der Waals surface area contributed by atoms with Crippen LogP contribution in [0.2, 0.25) is 0 Å². The Balaban J connectivity index is 0. The molecule has 0 atom stereocenters. The molecule has 0 aliphatic heterocycles. The van der Waals surface area contributed by atoms with E-state index in [1.54, 1.807) is 0 Å². The second-order valence-corrected chi connectivity index (χ2v) is 3.97. The first-order chi connectivity index (χ1) is 8.45. The molecule has 0 amide bonds. The van der Waals surface area contributed by atoms with Crippen LogP contribution in [0.1, 0.15) is 21.3 Å². The predicted molar refractivity (Wildman–Crippen MR) is 74.5 cm³/mol. The molecule has 0 N–H and O–H groups in total. The minimum absolute atomic E-state index is 0. The zero-order valence-electron chi connectivity index (χ0n) is 12.4. The quantitative estimate of drug-likeness (QED) is 0.708. The summed E-state index contributed by atoms with van der Waals surface area (Å²) in [5.74, 6) is 0. The van der Waals surface area contributed by atoms with E-state index in [9.17, 15) is 0 Å². The molecular weight excluding hydrogens is 295 g/mol.